The molecular weight excluding hydrogens is 222 g/mol. The minimum atomic E-state index is -0.971. The lowest BCUT2D eigenvalue weighted by atomic mass is 9.91. The number of carbonyl (C=O) groups is 2. The van der Waals surface area contributed by atoms with Crippen LogP contribution in [0.3, 0.4) is 0 Å². The van der Waals surface area contributed by atoms with Crippen molar-refractivity contribution >= 4 is 12.1 Å². The van der Waals surface area contributed by atoms with Gasteiger partial charge in [-0.1, -0.05) is 13.8 Å². The SMILES string of the molecule is CC1(C)CC(C(=O)O)N(C(=O)OC(C)(C)C)C1. The molecule has 1 aliphatic heterocycles. The summed E-state index contributed by atoms with van der Waals surface area (Å²) in [5, 5.41) is 9.11. The van der Waals surface area contributed by atoms with Gasteiger partial charge in [-0.25, -0.2) is 9.59 Å². The highest BCUT2D eigenvalue weighted by Gasteiger charge is 2.45. The number of hydrogen-bond donors (Lipinski definition) is 1. The molecule has 0 aliphatic carbocycles. The third-order valence-corrected chi connectivity index (χ3v) is 2.63. The number of hydrogen-bond acceptors (Lipinski definition) is 3. The van der Waals surface area contributed by atoms with Gasteiger partial charge in [0.1, 0.15) is 11.6 Å². The number of carbonyl (C=O) groups excluding carboxylic acids is 1. The summed E-state index contributed by atoms with van der Waals surface area (Å²) in [5.74, 6) is -0.971. The molecular formula is C12H21NO4. The average molecular weight is 243 g/mol. The Morgan fingerprint density at radius 3 is 2.29 bits per heavy atom. The number of ether oxygens (including phenoxy) is 1. The minimum Gasteiger partial charge on any atom is -0.480 e. The fraction of sp³-hybridized carbons (Fsp3) is 0.833. The summed E-state index contributed by atoms with van der Waals surface area (Å²) in [6.07, 6.45) is -0.0860. The van der Waals surface area contributed by atoms with E-state index < -0.39 is 23.7 Å². The molecule has 5 heteroatoms. The van der Waals surface area contributed by atoms with Crippen molar-refractivity contribution < 1.29 is 19.4 Å². The molecule has 1 atom stereocenters. The number of nitrogens with zero attached hydrogens (tertiary/aromatic N) is 1. The van der Waals surface area contributed by atoms with Gasteiger partial charge in [0.15, 0.2) is 0 Å². The second-order valence-electron chi connectivity index (χ2n) is 6.33. The number of likely N-dealkylation sites (tertiary alicyclic amines) is 1. The molecule has 1 heterocycles. The van der Waals surface area contributed by atoms with Crippen molar-refractivity contribution in [3.63, 3.8) is 0 Å². The predicted molar refractivity (Wildman–Crippen MR) is 62.8 cm³/mol. The highest BCUT2D eigenvalue weighted by atomic mass is 16.6. The highest BCUT2D eigenvalue weighted by Crippen LogP contribution is 2.34. The largest absolute Gasteiger partial charge is 0.480 e. The van der Waals surface area contributed by atoms with Crippen LogP contribution in [-0.4, -0.2) is 40.3 Å². The molecule has 1 unspecified atom stereocenters. The van der Waals surface area contributed by atoms with Crippen LogP contribution in [-0.2, 0) is 9.53 Å². The summed E-state index contributed by atoms with van der Waals surface area (Å²) in [7, 11) is 0. The summed E-state index contributed by atoms with van der Waals surface area (Å²) in [5.41, 5.74) is -0.785. The van der Waals surface area contributed by atoms with E-state index in [9.17, 15) is 9.59 Å². The number of carboxylic acid groups (broad SMARTS) is 1. The zero-order valence-electron chi connectivity index (χ0n) is 11.1. The van der Waals surface area contributed by atoms with Crippen molar-refractivity contribution in [2.45, 2.75) is 52.7 Å². The summed E-state index contributed by atoms with van der Waals surface area (Å²) < 4.78 is 5.22. The quantitative estimate of drug-likeness (QED) is 0.766. The van der Waals surface area contributed by atoms with Crippen LogP contribution in [0.1, 0.15) is 41.0 Å². The maximum Gasteiger partial charge on any atom is 0.411 e. The van der Waals surface area contributed by atoms with Crippen molar-refractivity contribution in [3.8, 4) is 0 Å². The van der Waals surface area contributed by atoms with E-state index in [1.165, 1.54) is 4.90 Å². The first-order valence-corrected chi connectivity index (χ1v) is 5.74. The van der Waals surface area contributed by atoms with Crippen molar-refractivity contribution in [2.75, 3.05) is 6.54 Å². The van der Waals surface area contributed by atoms with Gasteiger partial charge in [0.2, 0.25) is 0 Å². The average Bonchev–Trinajstić information content (AvgIpc) is 2.38. The molecule has 5 nitrogen and oxygen atoms in total. The van der Waals surface area contributed by atoms with Gasteiger partial charge >= 0.3 is 12.1 Å². The third-order valence-electron chi connectivity index (χ3n) is 2.63. The molecule has 0 bridgehead atoms. The van der Waals surface area contributed by atoms with Gasteiger partial charge in [-0.2, -0.15) is 0 Å². The second kappa shape index (κ2) is 4.20. The summed E-state index contributed by atoms with van der Waals surface area (Å²) in [6.45, 7) is 9.62. The van der Waals surface area contributed by atoms with E-state index in [4.69, 9.17) is 9.84 Å². The van der Waals surface area contributed by atoms with Crippen LogP contribution >= 0.6 is 0 Å². The Bertz CT molecular complexity index is 330. The molecule has 17 heavy (non-hydrogen) atoms. The first kappa shape index (κ1) is 13.8. The molecule has 0 aromatic rings. The van der Waals surface area contributed by atoms with E-state index in [1.54, 1.807) is 20.8 Å². The smallest absolute Gasteiger partial charge is 0.411 e. The molecule has 0 aromatic heterocycles. The van der Waals surface area contributed by atoms with Crippen LogP contribution in [0, 0.1) is 5.41 Å². The summed E-state index contributed by atoms with van der Waals surface area (Å²) in [4.78, 5) is 24.3. The molecule has 1 aliphatic rings. The van der Waals surface area contributed by atoms with Crippen LogP contribution in [0.5, 0.6) is 0 Å². The molecule has 1 N–H and O–H groups in total. The van der Waals surface area contributed by atoms with E-state index in [-0.39, 0.29) is 5.41 Å². The maximum absolute atomic E-state index is 11.9. The molecule has 1 saturated heterocycles. The van der Waals surface area contributed by atoms with Gasteiger partial charge in [-0.15, -0.1) is 0 Å². The highest BCUT2D eigenvalue weighted by molar-refractivity contribution is 5.81. The molecule has 0 radical (unpaired) electrons. The molecule has 0 spiro atoms. The topological polar surface area (TPSA) is 66.8 Å². The first-order chi connectivity index (χ1) is 7.52. The molecule has 98 valence electrons. The fourth-order valence-corrected chi connectivity index (χ4v) is 2.00. The Balaban J connectivity index is 2.81. The first-order valence-electron chi connectivity index (χ1n) is 5.74. The van der Waals surface area contributed by atoms with Crippen molar-refractivity contribution in [1.29, 1.82) is 0 Å². The minimum absolute atomic E-state index is 0.181. The monoisotopic (exact) mass is 243 g/mol. The van der Waals surface area contributed by atoms with Crippen LogP contribution in [0.4, 0.5) is 4.79 Å². The Hall–Kier alpha value is -1.26. The number of rotatable bonds is 1. The van der Waals surface area contributed by atoms with Crippen LogP contribution in [0.15, 0.2) is 0 Å². The normalized spacial score (nSPS) is 23.6. The second-order valence-corrected chi connectivity index (χ2v) is 6.33. The number of carboxylic acids is 1. The fourth-order valence-electron chi connectivity index (χ4n) is 2.00. The molecule has 1 rings (SSSR count). The van der Waals surface area contributed by atoms with Crippen molar-refractivity contribution in [1.82, 2.24) is 4.90 Å². The van der Waals surface area contributed by atoms with Crippen LogP contribution in [0.2, 0.25) is 0 Å². The van der Waals surface area contributed by atoms with E-state index >= 15 is 0 Å². The van der Waals surface area contributed by atoms with E-state index in [1.807, 2.05) is 13.8 Å². The zero-order valence-corrected chi connectivity index (χ0v) is 11.1. The zero-order chi connectivity index (χ0) is 13.4. The lowest BCUT2D eigenvalue weighted by Crippen LogP contribution is -2.43. The molecule has 1 amide bonds. The Kier molecular flexibility index (Phi) is 3.41. The number of amides is 1. The van der Waals surface area contributed by atoms with E-state index in [0.29, 0.717) is 13.0 Å². The van der Waals surface area contributed by atoms with Gasteiger partial charge in [-0.05, 0) is 32.6 Å². The van der Waals surface area contributed by atoms with Crippen molar-refractivity contribution in [3.05, 3.63) is 0 Å². The Labute approximate surface area is 102 Å². The van der Waals surface area contributed by atoms with Gasteiger partial charge < -0.3 is 9.84 Å². The van der Waals surface area contributed by atoms with Gasteiger partial charge in [0.25, 0.3) is 0 Å². The molecule has 0 aromatic carbocycles. The lowest BCUT2D eigenvalue weighted by Gasteiger charge is -2.27. The molecule has 1 fully saturated rings. The Morgan fingerprint density at radius 1 is 1.35 bits per heavy atom. The number of aliphatic carboxylic acids is 1. The third kappa shape index (κ3) is 3.61. The summed E-state index contributed by atoms with van der Waals surface area (Å²) in [6, 6.07) is -0.778. The lowest BCUT2D eigenvalue weighted by molar-refractivity contribution is -0.142. The van der Waals surface area contributed by atoms with Crippen LogP contribution in [0.25, 0.3) is 0 Å². The van der Waals surface area contributed by atoms with Crippen molar-refractivity contribution in [2.24, 2.45) is 5.41 Å². The van der Waals surface area contributed by atoms with Crippen LogP contribution < -0.4 is 0 Å². The van der Waals surface area contributed by atoms with E-state index in [2.05, 4.69) is 0 Å². The van der Waals surface area contributed by atoms with Gasteiger partial charge in [0, 0.05) is 6.54 Å². The Morgan fingerprint density at radius 2 is 1.88 bits per heavy atom. The van der Waals surface area contributed by atoms with Gasteiger partial charge in [0.05, 0.1) is 0 Å². The summed E-state index contributed by atoms with van der Waals surface area (Å²) >= 11 is 0. The van der Waals surface area contributed by atoms with Gasteiger partial charge in [-0.3, -0.25) is 4.90 Å². The maximum atomic E-state index is 11.9. The standard InChI is InChI=1S/C12H21NO4/c1-11(2,3)17-10(16)13-7-12(4,5)6-8(13)9(14)15/h8H,6-7H2,1-5H3,(H,14,15). The predicted octanol–water partition coefficient (Wildman–Crippen LogP) is 2.11. The molecule has 0 saturated carbocycles. The van der Waals surface area contributed by atoms with E-state index in [0.717, 1.165) is 0 Å².